The van der Waals surface area contributed by atoms with Crippen molar-refractivity contribution in [2.75, 3.05) is 11.9 Å². The van der Waals surface area contributed by atoms with Crippen LogP contribution in [0.25, 0.3) is 0 Å². The van der Waals surface area contributed by atoms with Crippen LogP contribution in [0.4, 0.5) is 5.69 Å². The van der Waals surface area contributed by atoms with Gasteiger partial charge in [-0.2, -0.15) is 0 Å². The third kappa shape index (κ3) is 3.07. The van der Waals surface area contributed by atoms with E-state index in [1.807, 2.05) is 18.2 Å². The van der Waals surface area contributed by atoms with E-state index in [9.17, 15) is 4.79 Å². The average Bonchev–Trinajstić information content (AvgIpc) is 2.29. The van der Waals surface area contributed by atoms with Gasteiger partial charge in [0.25, 0.3) is 0 Å². The minimum absolute atomic E-state index is 0.110. The molecule has 0 fully saturated rings. The van der Waals surface area contributed by atoms with Gasteiger partial charge in [-0.1, -0.05) is 32.0 Å². The summed E-state index contributed by atoms with van der Waals surface area (Å²) in [5, 5.41) is 11.6. The molecular formula is C13H19NO2. The summed E-state index contributed by atoms with van der Waals surface area (Å²) in [7, 11) is 0. The van der Waals surface area contributed by atoms with Crippen LogP contribution in [-0.2, 0) is 17.6 Å². The van der Waals surface area contributed by atoms with Gasteiger partial charge in [0.1, 0.15) is 0 Å². The highest BCUT2D eigenvalue weighted by Crippen LogP contribution is 2.22. The molecule has 0 atom stereocenters. The standard InChI is InChI=1S/C13H19NO2/c1-3-10-6-5-7-11(4-2)13(10)14-12(16)8-9-15/h5-7,15H,3-4,8-9H2,1-2H3,(H,14,16). The maximum atomic E-state index is 11.5. The van der Waals surface area contributed by atoms with E-state index in [0.29, 0.717) is 0 Å². The summed E-state index contributed by atoms with van der Waals surface area (Å²) in [6.45, 7) is 4.02. The molecule has 0 saturated heterocycles. The number of benzene rings is 1. The van der Waals surface area contributed by atoms with Crippen molar-refractivity contribution in [3.8, 4) is 0 Å². The molecule has 0 unspecified atom stereocenters. The molecule has 0 saturated carbocycles. The second-order valence-electron chi connectivity index (χ2n) is 3.68. The van der Waals surface area contributed by atoms with Crippen LogP contribution in [0.2, 0.25) is 0 Å². The first kappa shape index (κ1) is 12.7. The third-order valence-corrected chi connectivity index (χ3v) is 2.60. The minimum Gasteiger partial charge on any atom is -0.396 e. The number of aryl methyl sites for hydroxylation is 2. The first-order chi connectivity index (χ1) is 7.72. The van der Waals surface area contributed by atoms with Crippen molar-refractivity contribution < 1.29 is 9.90 Å². The molecule has 3 nitrogen and oxygen atoms in total. The zero-order valence-corrected chi connectivity index (χ0v) is 9.92. The number of nitrogens with one attached hydrogen (secondary N) is 1. The minimum atomic E-state index is -0.127. The van der Waals surface area contributed by atoms with E-state index in [1.54, 1.807) is 0 Å². The van der Waals surface area contributed by atoms with Crippen LogP contribution < -0.4 is 5.32 Å². The Morgan fingerprint density at radius 3 is 2.25 bits per heavy atom. The topological polar surface area (TPSA) is 49.3 Å². The van der Waals surface area contributed by atoms with Crippen LogP contribution in [0.1, 0.15) is 31.4 Å². The molecule has 0 bridgehead atoms. The Kier molecular flexibility index (Phi) is 4.99. The van der Waals surface area contributed by atoms with Gasteiger partial charge >= 0.3 is 0 Å². The number of carbonyl (C=O) groups is 1. The molecule has 0 spiro atoms. The number of carbonyl (C=O) groups excluding carboxylic acids is 1. The molecule has 16 heavy (non-hydrogen) atoms. The fourth-order valence-electron chi connectivity index (χ4n) is 1.71. The van der Waals surface area contributed by atoms with Gasteiger partial charge in [-0.15, -0.1) is 0 Å². The van der Waals surface area contributed by atoms with Crippen molar-refractivity contribution in [2.24, 2.45) is 0 Å². The van der Waals surface area contributed by atoms with E-state index >= 15 is 0 Å². The van der Waals surface area contributed by atoms with Crippen LogP contribution >= 0.6 is 0 Å². The first-order valence-electron chi connectivity index (χ1n) is 5.74. The Morgan fingerprint density at radius 1 is 1.25 bits per heavy atom. The molecule has 1 amide bonds. The summed E-state index contributed by atoms with van der Waals surface area (Å²) in [6.07, 6.45) is 1.94. The molecule has 0 radical (unpaired) electrons. The Hall–Kier alpha value is -1.35. The van der Waals surface area contributed by atoms with Gasteiger partial charge in [0.15, 0.2) is 0 Å². The second-order valence-corrected chi connectivity index (χ2v) is 3.68. The van der Waals surface area contributed by atoms with Gasteiger partial charge in [0.05, 0.1) is 13.0 Å². The van der Waals surface area contributed by atoms with Crippen LogP contribution in [0, 0.1) is 0 Å². The van der Waals surface area contributed by atoms with Crippen molar-refractivity contribution in [2.45, 2.75) is 33.1 Å². The molecule has 0 aromatic heterocycles. The summed E-state index contributed by atoms with van der Waals surface area (Å²) in [5.74, 6) is -0.127. The number of aliphatic hydroxyl groups excluding tert-OH is 1. The van der Waals surface area contributed by atoms with Gasteiger partial charge in [-0.25, -0.2) is 0 Å². The van der Waals surface area contributed by atoms with Gasteiger partial charge < -0.3 is 10.4 Å². The average molecular weight is 221 g/mol. The van der Waals surface area contributed by atoms with E-state index in [-0.39, 0.29) is 18.9 Å². The highest BCUT2D eigenvalue weighted by atomic mass is 16.3. The summed E-state index contributed by atoms with van der Waals surface area (Å²) >= 11 is 0. The van der Waals surface area contributed by atoms with E-state index in [0.717, 1.165) is 29.7 Å². The van der Waals surface area contributed by atoms with Crippen molar-refractivity contribution >= 4 is 11.6 Å². The predicted molar refractivity (Wildman–Crippen MR) is 65.5 cm³/mol. The molecule has 3 heteroatoms. The number of rotatable bonds is 5. The Balaban J connectivity index is 2.95. The highest BCUT2D eigenvalue weighted by Gasteiger charge is 2.09. The number of anilines is 1. The zero-order valence-electron chi connectivity index (χ0n) is 9.92. The lowest BCUT2D eigenvalue weighted by molar-refractivity contribution is -0.116. The zero-order chi connectivity index (χ0) is 12.0. The second kappa shape index (κ2) is 6.28. The normalized spacial score (nSPS) is 10.2. The Bertz CT molecular complexity index is 339. The number of amides is 1. The quantitative estimate of drug-likeness (QED) is 0.800. The molecule has 88 valence electrons. The monoisotopic (exact) mass is 221 g/mol. The lowest BCUT2D eigenvalue weighted by Gasteiger charge is -2.13. The van der Waals surface area contributed by atoms with Gasteiger partial charge in [0.2, 0.25) is 5.91 Å². The van der Waals surface area contributed by atoms with Crippen molar-refractivity contribution in [3.05, 3.63) is 29.3 Å². The summed E-state index contributed by atoms with van der Waals surface area (Å²) in [4.78, 5) is 11.5. The van der Waals surface area contributed by atoms with Crippen LogP contribution in [0.5, 0.6) is 0 Å². The van der Waals surface area contributed by atoms with E-state index < -0.39 is 0 Å². The lowest BCUT2D eigenvalue weighted by atomic mass is 10.0. The largest absolute Gasteiger partial charge is 0.396 e. The van der Waals surface area contributed by atoms with Crippen LogP contribution in [0.3, 0.4) is 0 Å². The molecule has 0 aliphatic heterocycles. The number of para-hydroxylation sites is 1. The van der Waals surface area contributed by atoms with Gasteiger partial charge in [-0.05, 0) is 24.0 Å². The highest BCUT2D eigenvalue weighted by molar-refractivity contribution is 5.92. The summed E-state index contributed by atoms with van der Waals surface area (Å²) in [6, 6.07) is 6.06. The maximum Gasteiger partial charge on any atom is 0.226 e. The van der Waals surface area contributed by atoms with Crippen molar-refractivity contribution in [1.82, 2.24) is 0 Å². The molecular weight excluding hydrogens is 202 g/mol. The fraction of sp³-hybridized carbons (Fsp3) is 0.462. The lowest BCUT2D eigenvalue weighted by Crippen LogP contribution is -2.15. The Morgan fingerprint density at radius 2 is 1.81 bits per heavy atom. The van der Waals surface area contributed by atoms with E-state index in [2.05, 4.69) is 19.2 Å². The Labute approximate surface area is 96.5 Å². The predicted octanol–water partition coefficient (Wildman–Crippen LogP) is 2.13. The molecule has 2 N–H and O–H groups in total. The fourth-order valence-corrected chi connectivity index (χ4v) is 1.71. The van der Waals surface area contributed by atoms with Crippen LogP contribution in [0.15, 0.2) is 18.2 Å². The van der Waals surface area contributed by atoms with Gasteiger partial charge in [0, 0.05) is 5.69 Å². The summed E-state index contributed by atoms with van der Waals surface area (Å²) in [5.41, 5.74) is 3.21. The molecule has 0 heterocycles. The number of hydrogen-bond donors (Lipinski definition) is 2. The summed E-state index contributed by atoms with van der Waals surface area (Å²) < 4.78 is 0. The van der Waals surface area contributed by atoms with Crippen molar-refractivity contribution in [3.63, 3.8) is 0 Å². The van der Waals surface area contributed by atoms with Crippen LogP contribution in [-0.4, -0.2) is 17.6 Å². The van der Waals surface area contributed by atoms with E-state index in [1.165, 1.54) is 0 Å². The third-order valence-electron chi connectivity index (χ3n) is 2.60. The smallest absolute Gasteiger partial charge is 0.226 e. The SMILES string of the molecule is CCc1cccc(CC)c1NC(=O)CCO. The molecule has 0 aliphatic rings. The maximum absolute atomic E-state index is 11.5. The van der Waals surface area contributed by atoms with Crippen molar-refractivity contribution in [1.29, 1.82) is 0 Å². The molecule has 1 aromatic carbocycles. The number of hydrogen-bond acceptors (Lipinski definition) is 2. The number of aliphatic hydroxyl groups is 1. The van der Waals surface area contributed by atoms with Gasteiger partial charge in [-0.3, -0.25) is 4.79 Å². The molecule has 0 aliphatic carbocycles. The molecule has 1 aromatic rings. The van der Waals surface area contributed by atoms with E-state index in [4.69, 9.17) is 5.11 Å². The first-order valence-corrected chi connectivity index (χ1v) is 5.74. The molecule has 1 rings (SSSR count).